The largest absolute Gasteiger partial charge is 0.368 e. The van der Waals surface area contributed by atoms with E-state index in [1.54, 1.807) is 0 Å². The molecule has 5 nitrogen and oxygen atoms in total. The van der Waals surface area contributed by atoms with Gasteiger partial charge in [0.25, 0.3) is 5.91 Å². The summed E-state index contributed by atoms with van der Waals surface area (Å²) in [4.78, 5) is 20.1. The third-order valence-corrected chi connectivity index (χ3v) is 7.31. The van der Waals surface area contributed by atoms with Gasteiger partial charge in [-0.15, -0.1) is 0 Å². The van der Waals surface area contributed by atoms with Gasteiger partial charge in [0, 0.05) is 61.3 Å². The lowest BCUT2D eigenvalue weighted by atomic mass is 9.91. The van der Waals surface area contributed by atoms with E-state index in [1.165, 1.54) is 18.3 Å². The number of aromatic nitrogens is 1. The van der Waals surface area contributed by atoms with Crippen molar-refractivity contribution in [1.82, 2.24) is 10.3 Å². The van der Waals surface area contributed by atoms with E-state index in [1.807, 2.05) is 11.8 Å². The van der Waals surface area contributed by atoms with Crippen molar-refractivity contribution in [1.29, 1.82) is 0 Å². The van der Waals surface area contributed by atoms with Gasteiger partial charge in [-0.2, -0.15) is 13.5 Å². The van der Waals surface area contributed by atoms with Gasteiger partial charge in [-0.3, -0.25) is 9.78 Å². The lowest BCUT2D eigenvalue weighted by Gasteiger charge is -2.31. The molecule has 1 atom stereocenters. The van der Waals surface area contributed by atoms with Crippen LogP contribution in [0.5, 0.6) is 0 Å². The van der Waals surface area contributed by atoms with Crippen molar-refractivity contribution < 1.29 is 22.4 Å². The van der Waals surface area contributed by atoms with Crippen LogP contribution in [0.4, 0.5) is 23.2 Å². The standard InChI is InChI=1S/C26H30F4N4O.H2S/c1-25(31)8-9-34(14-25)23-20(24(35)33-19-4-6-26(29,30)7-5-19)13-32-22(15-2-3-15)21(23)16-10-17(27)12-18(28)11-16;/h10-13,15,19H,2-9,14,31H2,1H3,(H,33,35);1H2/t25-;/m0./s1. The van der Waals surface area contributed by atoms with Crippen molar-refractivity contribution in [3.63, 3.8) is 0 Å². The lowest BCUT2D eigenvalue weighted by Crippen LogP contribution is -2.42. The molecular formula is C26H32F4N4OS. The second kappa shape index (κ2) is 9.85. The van der Waals surface area contributed by atoms with E-state index in [9.17, 15) is 22.4 Å². The van der Waals surface area contributed by atoms with Crippen LogP contribution >= 0.6 is 13.5 Å². The molecule has 2 saturated carbocycles. The van der Waals surface area contributed by atoms with Gasteiger partial charge in [-0.05, 0) is 56.7 Å². The van der Waals surface area contributed by atoms with Crippen molar-refractivity contribution in [3.05, 3.63) is 47.3 Å². The van der Waals surface area contributed by atoms with Gasteiger partial charge < -0.3 is 16.0 Å². The molecule has 2 heterocycles. The maximum Gasteiger partial charge on any atom is 0.255 e. The smallest absolute Gasteiger partial charge is 0.255 e. The Kier molecular flexibility index (Phi) is 7.31. The third kappa shape index (κ3) is 5.64. The predicted molar refractivity (Wildman–Crippen MR) is 136 cm³/mol. The molecule has 0 unspecified atom stereocenters. The zero-order chi connectivity index (χ0) is 25.0. The quantitative estimate of drug-likeness (QED) is 0.524. The number of nitrogens with zero attached hydrogens (tertiary/aromatic N) is 2. The number of nitrogens with two attached hydrogens (primary N) is 1. The first-order chi connectivity index (χ1) is 16.5. The number of alkyl halides is 2. The molecule has 0 spiro atoms. The number of benzene rings is 1. The minimum atomic E-state index is -2.70. The first-order valence-corrected chi connectivity index (χ1v) is 12.2. The zero-order valence-electron chi connectivity index (χ0n) is 20.2. The summed E-state index contributed by atoms with van der Waals surface area (Å²) in [5.41, 5.74) is 8.32. The Morgan fingerprint density at radius 3 is 2.28 bits per heavy atom. The molecule has 10 heteroatoms. The van der Waals surface area contributed by atoms with Crippen LogP contribution in [0.3, 0.4) is 0 Å². The van der Waals surface area contributed by atoms with Gasteiger partial charge in [-0.1, -0.05) is 0 Å². The number of anilines is 1. The molecule has 3 N–H and O–H groups in total. The monoisotopic (exact) mass is 524 g/mol. The van der Waals surface area contributed by atoms with Crippen molar-refractivity contribution in [2.75, 3.05) is 18.0 Å². The van der Waals surface area contributed by atoms with Gasteiger partial charge in [0.2, 0.25) is 5.92 Å². The lowest BCUT2D eigenvalue weighted by molar-refractivity contribution is -0.0399. The van der Waals surface area contributed by atoms with Crippen LogP contribution in [0.15, 0.2) is 24.4 Å². The molecule has 2 aromatic rings. The van der Waals surface area contributed by atoms with Crippen molar-refractivity contribution in [2.45, 2.75) is 75.3 Å². The van der Waals surface area contributed by atoms with E-state index < -0.39 is 29.0 Å². The second-order valence-corrected chi connectivity index (χ2v) is 10.6. The number of hydrogen-bond donors (Lipinski definition) is 2. The maximum absolute atomic E-state index is 14.3. The predicted octanol–water partition coefficient (Wildman–Crippen LogP) is 5.25. The van der Waals surface area contributed by atoms with Gasteiger partial charge in [0.1, 0.15) is 11.6 Å². The molecule has 3 aliphatic rings. The zero-order valence-corrected chi connectivity index (χ0v) is 21.2. The average molecular weight is 525 g/mol. The molecule has 196 valence electrons. The van der Waals surface area contributed by atoms with E-state index in [0.717, 1.165) is 18.9 Å². The summed E-state index contributed by atoms with van der Waals surface area (Å²) in [7, 11) is 0. The van der Waals surface area contributed by atoms with Crippen molar-refractivity contribution in [2.24, 2.45) is 5.73 Å². The number of pyridine rings is 1. The fraction of sp³-hybridized carbons (Fsp3) is 0.538. The summed E-state index contributed by atoms with van der Waals surface area (Å²) in [6.07, 6.45) is 3.86. The number of halogens is 4. The number of rotatable bonds is 5. The van der Waals surface area contributed by atoms with Gasteiger partial charge in [-0.25, -0.2) is 17.6 Å². The third-order valence-electron chi connectivity index (χ3n) is 7.31. The first kappa shape index (κ1) is 26.7. The molecule has 2 aliphatic carbocycles. The minimum absolute atomic E-state index is 0. The number of hydrogen-bond acceptors (Lipinski definition) is 4. The van der Waals surface area contributed by atoms with Crippen LogP contribution in [0.1, 0.15) is 73.8 Å². The Morgan fingerprint density at radius 2 is 1.72 bits per heavy atom. The molecule has 1 aromatic carbocycles. The van der Waals surface area contributed by atoms with Gasteiger partial charge in [0.15, 0.2) is 0 Å². The summed E-state index contributed by atoms with van der Waals surface area (Å²) in [6.45, 7) is 2.96. The molecule has 3 fully saturated rings. The molecule has 1 aliphatic heterocycles. The summed E-state index contributed by atoms with van der Waals surface area (Å²) in [6, 6.07) is 2.97. The number of carbonyl (C=O) groups is 1. The van der Waals surface area contributed by atoms with Crippen LogP contribution in [0, 0.1) is 11.6 Å². The summed E-state index contributed by atoms with van der Waals surface area (Å²) in [5.74, 6) is -4.39. The van der Waals surface area contributed by atoms with Crippen LogP contribution in [-0.2, 0) is 0 Å². The Balaban J connectivity index is 0.00000304. The van der Waals surface area contributed by atoms with E-state index >= 15 is 0 Å². The molecule has 1 amide bonds. The molecule has 1 saturated heterocycles. The molecule has 36 heavy (non-hydrogen) atoms. The van der Waals surface area contributed by atoms with Gasteiger partial charge >= 0.3 is 0 Å². The highest BCUT2D eigenvalue weighted by molar-refractivity contribution is 7.59. The van der Waals surface area contributed by atoms with E-state index in [-0.39, 0.29) is 56.7 Å². The van der Waals surface area contributed by atoms with Crippen LogP contribution < -0.4 is 16.0 Å². The molecular weight excluding hydrogens is 492 g/mol. The Bertz CT molecular complexity index is 1120. The summed E-state index contributed by atoms with van der Waals surface area (Å²) >= 11 is 0. The minimum Gasteiger partial charge on any atom is -0.368 e. The van der Waals surface area contributed by atoms with Crippen LogP contribution in [-0.4, -0.2) is 41.5 Å². The fourth-order valence-electron chi connectivity index (χ4n) is 5.28. The SMILES string of the molecule is C[C@]1(N)CCN(c2c(C(=O)NC3CCC(F)(F)CC3)cnc(C3CC3)c2-c2cc(F)cc(F)c2)C1.S. The number of carbonyl (C=O) groups excluding carboxylic acids is 1. The molecule has 1 aromatic heterocycles. The van der Waals surface area contributed by atoms with E-state index in [4.69, 9.17) is 5.73 Å². The summed E-state index contributed by atoms with van der Waals surface area (Å²) < 4.78 is 55.8. The van der Waals surface area contributed by atoms with Gasteiger partial charge in [0.05, 0.1) is 16.9 Å². The Morgan fingerprint density at radius 1 is 1.08 bits per heavy atom. The van der Waals surface area contributed by atoms with Crippen LogP contribution in [0.2, 0.25) is 0 Å². The summed E-state index contributed by atoms with van der Waals surface area (Å²) in [5, 5.41) is 2.90. The number of amides is 1. The Labute approximate surface area is 215 Å². The van der Waals surface area contributed by atoms with E-state index in [0.29, 0.717) is 42.0 Å². The average Bonchev–Trinajstić information content (AvgIpc) is 3.56. The second-order valence-electron chi connectivity index (χ2n) is 10.6. The van der Waals surface area contributed by atoms with E-state index in [2.05, 4.69) is 10.3 Å². The highest BCUT2D eigenvalue weighted by Gasteiger charge is 2.39. The fourth-order valence-corrected chi connectivity index (χ4v) is 5.28. The molecule has 0 radical (unpaired) electrons. The molecule has 0 bridgehead atoms. The first-order valence-electron chi connectivity index (χ1n) is 12.2. The Hall–Kier alpha value is -2.33. The highest BCUT2D eigenvalue weighted by Crippen LogP contribution is 2.48. The normalized spacial score (nSPS) is 23.9. The molecule has 5 rings (SSSR count). The van der Waals surface area contributed by atoms with Crippen molar-refractivity contribution in [3.8, 4) is 11.1 Å². The van der Waals surface area contributed by atoms with Crippen molar-refractivity contribution >= 4 is 25.1 Å². The topological polar surface area (TPSA) is 71.2 Å². The van der Waals surface area contributed by atoms with Crippen LogP contribution in [0.25, 0.3) is 11.1 Å². The number of nitrogens with one attached hydrogen (secondary N) is 1. The highest BCUT2D eigenvalue weighted by atomic mass is 32.1. The maximum atomic E-state index is 14.3.